The van der Waals surface area contributed by atoms with E-state index in [-0.39, 0.29) is 31.1 Å². The quantitative estimate of drug-likeness (QED) is 0.436. The molecule has 0 aliphatic carbocycles. The van der Waals surface area contributed by atoms with Crippen molar-refractivity contribution in [1.82, 2.24) is 9.80 Å². The number of carboxylic acids is 1. The minimum atomic E-state index is -4.53. The molecule has 0 radical (unpaired) electrons. The number of carbonyl (C=O) groups excluding carboxylic acids is 1. The number of nitrogens with zero attached hydrogens (tertiary/aromatic N) is 3. The number of piperidine rings is 1. The zero-order valence-corrected chi connectivity index (χ0v) is 25.0. The topological polar surface area (TPSA) is 73.3 Å². The van der Waals surface area contributed by atoms with Gasteiger partial charge in [0.2, 0.25) is 5.67 Å². The van der Waals surface area contributed by atoms with Crippen LogP contribution < -0.4 is 9.64 Å². The Kier molecular flexibility index (Phi) is 8.17. The van der Waals surface area contributed by atoms with Gasteiger partial charge in [-0.3, -0.25) is 14.5 Å². The molecule has 2 aromatic carbocycles. The minimum absolute atomic E-state index is 0.0583. The Morgan fingerprint density at radius 2 is 1.60 bits per heavy atom. The molecule has 0 spiro atoms. The molecular weight excluding hydrogens is 566 g/mol. The first-order valence-corrected chi connectivity index (χ1v) is 14.7. The predicted molar refractivity (Wildman–Crippen MR) is 154 cm³/mol. The van der Waals surface area contributed by atoms with Gasteiger partial charge in [-0.2, -0.15) is 13.2 Å². The third-order valence-corrected chi connectivity index (χ3v) is 9.35. The van der Waals surface area contributed by atoms with Gasteiger partial charge in [-0.15, -0.1) is 0 Å². The van der Waals surface area contributed by atoms with Crippen molar-refractivity contribution in [3.05, 3.63) is 59.2 Å². The summed E-state index contributed by atoms with van der Waals surface area (Å²) >= 11 is 0. The largest absolute Gasteiger partial charge is 0.497 e. The highest BCUT2D eigenvalue weighted by Gasteiger charge is 2.58. The van der Waals surface area contributed by atoms with E-state index < -0.39 is 41.1 Å². The van der Waals surface area contributed by atoms with E-state index in [4.69, 9.17) is 4.74 Å². The van der Waals surface area contributed by atoms with Crippen molar-refractivity contribution in [1.29, 1.82) is 0 Å². The first-order chi connectivity index (χ1) is 20.1. The summed E-state index contributed by atoms with van der Waals surface area (Å²) in [6, 6.07) is 10.7. The van der Waals surface area contributed by atoms with Crippen LogP contribution in [0.2, 0.25) is 0 Å². The third kappa shape index (κ3) is 6.05. The van der Waals surface area contributed by atoms with Crippen LogP contribution in [0, 0.1) is 5.92 Å². The second-order valence-corrected chi connectivity index (χ2v) is 13.0. The summed E-state index contributed by atoms with van der Waals surface area (Å²) in [4.78, 5) is 30.5. The molecule has 1 N–H and O–H groups in total. The summed E-state index contributed by atoms with van der Waals surface area (Å²) in [5, 5.41) is 9.36. The van der Waals surface area contributed by atoms with E-state index in [0.29, 0.717) is 55.0 Å². The average Bonchev–Trinajstić information content (AvgIpc) is 3.31. The van der Waals surface area contributed by atoms with Gasteiger partial charge in [-0.25, -0.2) is 4.39 Å². The third-order valence-electron chi connectivity index (χ3n) is 9.35. The summed E-state index contributed by atoms with van der Waals surface area (Å²) in [6.45, 7) is 7.29. The van der Waals surface area contributed by atoms with E-state index in [9.17, 15) is 27.9 Å². The smallest absolute Gasteiger partial charge is 0.416 e. The van der Waals surface area contributed by atoms with Gasteiger partial charge in [-0.1, -0.05) is 18.2 Å². The van der Waals surface area contributed by atoms with Crippen LogP contribution in [0.25, 0.3) is 0 Å². The number of ether oxygens (including phenoxy) is 1. The van der Waals surface area contributed by atoms with Gasteiger partial charge in [0.05, 0.1) is 18.6 Å². The van der Waals surface area contributed by atoms with Crippen LogP contribution in [-0.4, -0.2) is 84.4 Å². The summed E-state index contributed by atoms with van der Waals surface area (Å²) in [6.07, 6.45) is -3.86. The Labute approximate surface area is 249 Å². The lowest BCUT2D eigenvalue weighted by atomic mass is 9.82. The number of likely N-dealkylation sites (tertiary alicyclic amines) is 2. The van der Waals surface area contributed by atoms with E-state index in [2.05, 4.69) is 0 Å². The van der Waals surface area contributed by atoms with Crippen molar-refractivity contribution < 1.29 is 37.0 Å². The van der Waals surface area contributed by atoms with Gasteiger partial charge in [0.15, 0.2) is 0 Å². The zero-order valence-electron chi connectivity index (χ0n) is 25.0. The number of anilines is 1. The molecule has 3 aliphatic heterocycles. The van der Waals surface area contributed by atoms with Gasteiger partial charge in [0.1, 0.15) is 5.75 Å². The van der Waals surface area contributed by atoms with Gasteiger partial charge < -0.3 is 19.6 Å². The lowest BCUT2D eigenvalue weighted by Gasteiger charge is -2.45. The van der Waals surface area contributed by atoms with Crippen LogP contribution >= 0.6 is 0 Å². The summed E-state index contributed by atoms with van der Waals surface area (Å²) in [5.41, 5.74) is -1.55. The number of carboxylic acid groups (broad SMARTS) is 1. The molecule has 3 fully saturated rings. The molecule has 5 rings (SSSR count). The molecule has 234 valence electrons. The maximum atomic E-state index is 17.0. The monoisotopic (exact) mass is 605 g/mol. The van der Waals surface area contributed by atoms with Crippen molar-refractivity contribution in [2.45, 2.75) is 62.8 Å². The maximum absolute atomic E-state index is 17.0. The molecule has 3 saturated heterocycles. The van der Waals surface area contributed by atoms with Crippen molar-refractivity contribution in [3.8, 4) is 5.75 Å². The fraction of sp³-hybridized carbons (Fsp3) is 0.562. The number of carbonyl (C=O) groups is 2. The van der Waals surface area contributed by atoms with E-state index in [1.807, 2.05) is 30.6 Å². The van der Waals surface area contributed by atoms with Gasteiger partial charge in [-0.05, 0) is 69.0 Å². The second-order valence-electron chi connectivity index (χ2n) is 13.0. The molecule has 2 atom stereocenters. The van der Waals surface area contributed by atoms with Gasteiger partial charge >= 0.3 is 12.1 Å². The highest BCUT2D eigenvalue weighted by Crippen LogP contribution is 2.46. The number of benzene rings is 2. The zero-order chi connectivity index (χ0) is 31.3. The first-order valence-electron chi connectivity index (χ1n) is 14.7. The Bertz CT molecular complexity index is 1350. The van der Waals surface area contributed by atoms with Crippen LogP contribution in [0.1, 0.15) is 62.1 Å². The molecular formula is C32H39F4N3O4. The minimum Gasteiger partial charge on any atom is -0.497 e. The van der Waals surface area contributed by atoms with Crippen molar-refractivity contribution in [2.24, 2.45) is 5.92 Å². The molecule has 3 heterocycles. The van der Waals surface area contributed by atoms with E-state index in [1.165, 1.54) is 11.0 Å². The van der Waals surface area contributed by atoms with Crippen molar-refractivity contribution in [3.63, 3.8) is 0 Å². The molecule has 1 amide bonds. The van der Waals surface area contributed by atoms with E-state index in [1.54, 1.807) is 31.4 Å². The second kappa shape index (κ2) is 11.3. The summed E-state index contributed by atoms with van der Waals surface area (Å²) in [5.74, 6) is -2.35. The molecule has 0 unspecified atom stereocenters. The number of hydrogen-bond donors (Lipinski definition) is 1. The standard InChI is InChI=1S/C32H39F4N3O4/c1-30(2,3)39-18-26(20-5-8-24(43-4)9-6-20)31(33,19-39)29(42)38-16-22(17-38)25-10-7-23(32(34,35)36)15-27(25)37-13-11-21(12-14-37)28(40)41/h5-10,15,21-22,26H,11-14,16-19H2,1-4H3,(H,40,41)/t26-,31-/m0/s1. The molecule has 2 aromatic rings. The fourth-order valence-corrected chi connectivity index (χ4v) is 6.56. The highest BCUT2D eigenvalue weighted by atomic mass is 19.4. The molecule has 0 aromatic heterocycles. The predicted octanol–water partition coefficient (Wildman–Crippen LogP) is 5.55. The normalized spacial score (nSPS) is 24.2. The van der Waals surface area contributed by atoms with Crippen LogP contribution in [0.3, 0.4) is 0 Å². The van der Waals surface area contributed by atoms with Crippen molar-refractivity contribution in [2.75, 3.05) is 51.3 Å². The Morgan fingerprint density at radius 3 is 2.14 bits per heavy atom. The average molecular weight is 606 g/mol. The highest BCUT2D eigenvalue weighted by molar-refractivity contribution is 5.88. The molecule has 0 bridgehead atoms. The molecule has 7 nitrogen and oxygen atoms in total. The number of alkyl halides is 4. The number of amides is 1. The molecule has 11 heteroatoms. The summed E-state index contributed by atoms with van der Waals surface area (Å²) < 4.78 is 63.2. The number of halogens is 4. The number of methoxy groups -OCH3 is 1. The van der Waals surface area contributed by atoms with E-state index >= 15 is 4.39 Å². The maximum Gasteiger partial charge on any atom is 0.416 e. The lowest BCUT2D eigenvalue weighted by molar-refractivity contribution is -0.149. The molecule has 3 aliphatic rings. The Hall–Kier alpha value is -3.34. The first kappa shape index (κ1) is 31.1. The number of aliphatic carboxylic acids is 1. The van der Waals surface area contributed by atoms with Crippen LogP contribution in [0.15, 0.2) is 42.5 Å². The molecule has 43 heavy (non-hydrogen) atoms. The number of rotatable bonds is 6. The van der Waals surface area contributed by atoms with E-state index in [0.717, 1.165) is 12.1 Å². The Balaban J connectivity index is 1.37. The fourth-order valence-electron chi connectivity index (χ4n) is 6.56. The summed E-state index contributed by atoms with van der Waals surface area (Å²) in [7, 11) is 1.55. The van der Waals surface area contributed by atoms with Crippen LogP contribution in [0.4, 0.5) is 23.2 Å². The van der Waals surface area contributed by atoms with Gasteiger partial charge in [0.25, 0.3) is 5.91 Å². The van der Waals surface area contributed by atoms with Crippen molar-refractivity contribution >= 4 is 17.6 Å². The van der Waals surface area contributed by atoms with Gasteiger partial charge in [0, 0.05) is 62.3 Å². The molecule has 0 saturated carbocycles. The number of hydrogen-bond acceptors (Lipinski definition) is 5. The SMILES string of the molecule is COc1ccc([C@@H]2CN(C(C)(C)C)C[C@@]2(F)C(=O)N2CC(c3ccc(C(F)(F)F)cc3N3CCC(C(=O)O)CC3)C2)cc1. The van der Waals surface area contributed by atoms with Crippen LogP contribution in [0.5, 0.6) is 5.75 Å². The lowest BCUT2D eigenvalue weighted by Crippen LogP contribution is -2.58. The van der Waals surface area contributed by atoms with Crippen LogP contribution in [-0.2, 0) is 15.8 Å². The Morgan fingerprint density at radius 1 is 0.977 bits per heavy atom.